The zero-order valence-electron chi connectivity index (χ0n) is 16.1. The number of carbonyl (C=O) groups excluding carboxylic acids is 3. The number of fused-ring (bicyclic) bond motifs is 1. The van der Waals surface area contributed by atoms with Crippen LogP contribution in [0.5, 0.6) is 0 Å². The molecule has 2 amide bonds. The Labute approximate surface area is 176 Å². The number of likely N-dealkylation sites (N-methyl/N-ethyl adjacent to an activating group) is 1. The lowest BCUT2D eigenvalue weighted by Gasteiger charge is -2.18. The molecule has 0 fully saturated rings. The lowest BCUT2D eigenvalue weighted by atomic mass is 10.1. The first-order valence-electron chi connectivity index (χ1n) is 9.10. The van der Waals surface area contributed by atoms with E-state index in [1.807, 2.05) is 48.7 Å². The van der Waals surface area contributed by atoms with E-state index in [1.54, 1.807) is 0 Å². The summed E-state index contributed by atoms with van der Waals surface area (Å²) in [7, 11) is 0. The molecule has 3 rings (SSSR count). The average molecular weight is 432 g/mol. The summed E-state index contributed by atoms with van der Waals surface area (Å²) in [6.07, 6.45) is -0.0410. The number of ether oxygens (including phenoxy) is 1. The van der Waals surface area contributed by atoms with E-state index in [0.29, 0.717) is 11.7 Å². The lowest BCUT2D eigenvalue weighted by molar-refractivity contribution is -0.148. The maximum absolute atomic E-state index is 12.6. The van der Waals surface area contributed by atoms with Crippen molar-refractivity contribution in [2.24, 2.45) is 0 Å². The van der Waals surface area contributed by atoms with Gasteiger partial charge in [0.2, 0.25) is 5.91 Å². The van der Waals surface area contributed by atoms with Gasteiger partial charge in [-0.1, -0.05) is 29.5 Å². The van der Waals surface area contributed by atoms with Crippen LogP contribution in [-0.4, -0.2) is 35.9 Å². The first kappa shape index (κ1) is 20.9. The molecule has 0 radical (unpaired) electrons. The number of benzene rings is 1. The Balaban J connectivity index is 1.60. The highest BCUT2D eigenvalue weighted by Crippen LogP contribution is 2.28. The zero-order valence-corrected chi connectivity index (χ0v) is 17.7. The minimum Gasteiger partial charge on any atom is -0.455 e. The standard InChI is InChI=1S/C20H21N3O4S2/c1-3-23(20-22-14-7-4-5-8-17(14)29-20)18(25)12-27-19(26)11-15(21-13(2)24)16-9-6-10-28-16/h4-10,15H,3,11-12H2,1-2H3,(H,21,24). The van der Waals surface area contributed by atoms with E-state index in [2.05, 4.69) is 10.3 Å². The Bertz CT molecular complexity index is 967. The molecule has 0 saturated heterocycles. The third-order valence-corrected chi connectivity index (χ3v) is 6.17. The van der Waals surface area contributed by atoms with Crippen molar-refractivity contribution >= 4 is 55.8 Å². The van der Waals surface area contributed by atoms with Crippen LogP contribution in [0.4, 0.5) is 5.13 Å². The number of hydrogen-bond donors (Lipinski definition) is 1. The third-order valence-electron chi connectivity index (χ3n) is 4.12. The average Bonchev–Trinajstić information content (AvgIpc) is 3.35. The van der Waals surface area contributed by atoms with Crippen molar-refractivity contribution in [3.8, 4) is 0 Å². The fourth-order valence-corrected chi connectivity index (χ4v) is 4.62. The second-order valence-corrected chi connectivity index (χ2v) is 8.22. The smallest absolute Gasteiger partial charge is 0.308 e. The van der Waals surface area contributed by atoms with Crippen molar-refractivity contribution in [2.75, 3.05) is 18.1 Å². The number of aromatic nitrogens is 1. The Hall–Kier alpha value is -2.78. The highest BCUT2D eigenvalue weighted by Gasteiger charge is 2.22. The van der Waals surface area contributed by atoms with Gasteiger partial charge in [-0.2, -0.15) is 0 Å². The van der Waals surface area contributed by atoms with Gasteiger partial charge in [-0.15, -0.1) is 11.3 Å². The number of rotatable bonds is 8. The quantitative estimate of drug-likeness (QED) is 0.551. The molecule has 2 heterocycles. The second-order valence-electron chi connectivity index (χ2n) is 6.24. The maximum atomic E-state index is 12.6. The van der Waals surface area contributed by atoms with E-state index in [9.17, 15) is 14.4 Å². The van der Waals surface area contributed by atoms with Crippen molar-refractivity contribution in [1.82, 2.24) is 10.3 Å². The van der Waals surface area contributed by atoms with Gasteiger partial charge in [0.05, 0.1) is 22.7 Å². The molecule has 0 aliphatic heterocycles. The van der Waals surface area contributed by atoms with Crippen LogP contribution in [0.1, 0.15) is 31.2 Å². The first-order chi connectivity index (χ1) is 14.0. The lowest BCUT2D eigenvalue weighted by Crippen LogP contribution is -2.35. The molecular formula is C20H21N3O4S2. The van der Waals surface area contributed by atoms with Gasteiger partial charge in [-0.25, -0.2) is 4.98 Å². The molecular weight excluding hydrogens is 410 g/mol. The Morgan fingerprint density at radius 3 is 2.66 bits per heavy atom. The molecule has 0 aliphatic rings. The predicted octanol–water partition coefficient (Wildman–Crippen LogP) is 3.52. The van der Waals surface area contributed by atoms with Crippen LogP contribution in [0.3, 0.4) is 0 Å². The van der Waals surface area contributed by atoms with Crippen molar-refractivity contribution in [1.29, 1.82) is 0 Å². The van der Waals surface area contributed by atoms with Crippen molar-refractivity contribution in [2.45, 2.75) is 26.3 Å². The normalized spacial score (nSPS) is 11.8. The minimum atomic E-state index is -0.550. The van der Waals surface area contributed by atoms with Gasteiger partial charge in [0.1, 0.15) is 0 Å². The van der Waals surface area contributed by atoms with Crippen LogP contribution in [0.15, 0.2) is 41.8 Å². The predicted molar refractivity (Wildman–Crippen MR) is 114 cm³/mol. The molecule has 1 atom stereocenters. The number of hydrogen-bond acceptors (Lipinski definition) is 7. The molecule has 0 spiro atoms. The van der Waals surface area contributed by atoms with E-state index in [1.165, 1.54) is 34.5 Å². The summed E-state index contributed by atoms with van der Waals surface area (Å²) in [6.45, 7) is 3.28. The van der Waals surface area contributed by atoms with Gasteiger partial charge >= 0.3 is 5.97 Å². The van der Waals surface area contributed by atoms with Crippen LogP contribution in [-0.2, 0) is 19.1 Å². The van der Waals surface area contributed by atoms with E-state index in [0.717, 1.165) is 15.1 Å². The number of thiophene rings is 1. The molecule has 1 N–H and O–H groups in total. The van der Waals surface area contributed by atoms with E-state index < -0.39 is 12.0 Å². The third kappa shape index (κ3) is 5.39. The second kappa shape index (κ2) is 9.62. The number of thiazole rings is 1. The molecule has 0 saturated carbocycles. The molecule has 29 heavy (non-hydrogen) atoms. The molecule has 1 aromatic carbocycles. The van der Waals surface area contributed by atoms with Crippen molar-refractivity contribution in [3.63, 3.8) is 0 Å². The van der Waals surface area contributed by atoms with Crippen molar-refractivity contribution < 1.29 is 19.1 Å². The fraction of sp³-hybridized carbons (Fsp3) is 0.300. The molecule has 152 valence electrons. The van der Waals surface area contributed by atoms with Gasteiger partial charge < -0.3 is 10.1 Å². The summed E-state index contributed by atoms with van der Waals surface area (Å²) >= 11 is 2.86. The maximum Gasteiger partial charge on any atom is 0.308 e. The SMILES string of the molecule is CCN(C(=O)COC(=O)CC(NC(C)=O)c1cccs1)c1nc2ccccc2s1. The monoisotopic (exact) mass is 431 g/mol. The van der Waals surface area contributed by atoms with Crippen LogP contribution in [0.2, 0.25) is 0 Å². The van der Waals surface area contributed by atoms with E-state index in [4.69, 9.17) is 4.74 Å². The number of amides is 2. The van der Waals surface area contributed by atoms with Gasteiger partial charge in [0.25, 0.3) is 5.91 Å². The summed E-state index contributed by atoms with van der Waals surface area (Å²) in [5.74, 6) is -1.13. The molecule has 3 aromatic rings. The van der Waals surface area contributed by atoms with E-state index >= 15 is 0 Å². The molecule has 9 heteroatoms. The number of para-hydroxylation sites is 1. The summed E-state index contributed by atoms with van der Waals surface area (Å²) in [5, 5.41) is 5.19. The van der Waals surface area contributed by atoms with Crippen molar-refractivity contribution in [3.05, 3.63) is 46.7 Å². The Morgan fingerprint density at radius 1 is 1.21 bits per heavy atom. The first-order valence-corrected chi connectivity index (χ1v) is 10.8. The Kier molecular flexibility index (Phi) is 6.95. The summed E-state index contributed by atoms with van der Waals surface area (Å²) in [6, 6.07) is 10.9. The summed E-state index contributed by atoms with van der Waals surface area (Å²) < 4.78 is 6.18. The topological polar surface area (TPSA) is 88.6 Å². The van der Waals surface area contributed by atoms with Gasteiger partial charge in [0.15, 0.2) is 11.7 Å². The number of nitrogens with zero attached hydrogens (tertiary/aromatic N) is 2. The highest BCUT2D eigenvalue weighted by atomic mass is 32.1. The van der Waals surface area contributed by atoms with Crippen LogP contribution < -0.4 is 10.2 Å². The zero-order chi connectivity index (χ0) is 20.8. The largest absolute Gasteiger partial charge is 0.455 e. The van der Waals surface area contributed by atoms with Gasteiger partial charge in [-0.05, 0) is 30.5 Å². The van der Waals surface area contributed by atoms with Crippen LogP contribution >= 0.6 is 22.7 Å². The number of anilines is 1. The van der Waals surface area contributed by atoms with Crippen LogP contribution in [0.25, 0.3) is 10.2 Å². The molecule has 0 aliphatic carbocycles. The number of nitrogens with one attached hydrogen (secondary N) is 1. The number of esters is 1. The molecule has 7 nitrogen and oxygen atoms in total. The highest BCUT2D eigenvalue weighted by molar-refractivity contribution is 7.22. The van der Waals surface area contributed by atoms with E-state index in [-0.39, 0.29) is 24.8 Å². The summed E-state index contributed by atoms with van der Waals surface area (Å²) in [4.78, 5) is 43.1. The molecule has 1 unspecified atom stereocenters. The number of carbonyl (C=O) groups is 3. The van der Waals surface area contributed by atoms with Gasteiger partial charge in [0, 0.05) is 18.3 Å². The molecule has 2 aromatic heterocycles. The fourth-order valence-electron chi connectivity index (χ4n) is 2.80. The summed E-state index contributed by atoms with van der Waals surface area (Å²) in [5.41, 5.74) is 0.824. The minimum absolute atomic E-state index is 0.0410. The molecule has 0 bridgehead atoms. The van der Waals surface area contributed by atoms with Crippen LogP contribution in [0, 0.1) is 0 Å². The Morgan fingerprint density at radius 2 is 2.00 bits per heavy atom. The van der Waals surface area contributed by atoms with Gasteiger partial charge in [-0.3, -0.25) is 19.3 Å².